The van der Waals surface area contributed by atoms with Gasteiger partial charge in [-0.2, -0.15) is 0 Å². The summed E-state index contributed by atoms with van der Waals surface area (Å²) in [6, 6.07) is 9.98. The quantitative estimate of drug-likeness (QED) is 0.509. The third-order valence-electron chi connectivity index (χ3n) is 8.56. The van der Waals surface area contributed by atoms with Gasteiger partial charge in [0.25, 0.3) is 0 Å². The zero-order valence-corrected chi connectivity index (χ0v) is 21.2. The Bertz CT molecular complexity index is 1290. The van der Waals surface area contributed by atoms with Gasteiger partial charge in [-0.25, -0.2) is 0 Å². The molecule has 1 saturated carbocycles. The summed E-state index contributed by atoms with van der Waals surface area (Å²) < 4.78 is 5.57. The van der Waals surface area contributed by atoms with E-state index in [1.807, 2.05) is 23.1 Å². The average Bonchev–Trinajstić information content (AvgIpc) is 3.58. The van der Waals surface area contributed by atoms with Crippen molar-refractivity contribution in [2.75, 3.05) is 39.4 Å². The summed E-state index contributed by atoms with van der Waals surface area (Å²) in [5.41, 5.74) is 4.68. The molecule has 0 unspecified atom stereocenters. The van der Waals surface area contributed by atoms with Gasteiger partial charge in [-0.05, 0) is 67.9 Å². The molecule has 0 spiro atoms. The van der Waals surface area contributed by atoms with Crippen LogP contribution in [0.3, 0.4) is 0 Å². The lowest BCUT2D eigenvalue weighted by atomic mass is 9.78. The Labute approximate surface area is 217 Å². The van der Waals surface area contributed by atoms with E-state index in [-0.39, 0.29) is 17.6 Å². The fourth-order valence-corrected chi connectivity index (χ4v) is 6.61. The van der Waals surface area contributed by atoms with E-state index < -0.39 is 0 Å². The number of aromatic hydroxyl groups is 1. The molecule has 37 heavy (non-hydrogen) atoms. The maximum Gasteiger partial charge on any atom is 0.245 e. The molecule has 2 aliphatic heterocycles. The third-order valence-corrected chi connectivity index (χ3v) is 8.56. The van der Waals surface area contributed by atoms with Crippen LogP contribution in [-0.4, -0.2) is 81.4 Å². The fraction of sp³-hybridized carbons (Fsp3) is 0.483. The first-order chi connectivity index (χ1) is 18.1. The van der Waals surface area contributed by atoms with Gasteiger partial charge >= 0.3 is 0 Å². The Balaban J connectivity index is 1.35. The number of benzene rings is 1. The minimum Gasteiger partial charge on any atom is -0.507 e. The first-order valence-corrected chi connectivity index (χ1v) is 13.5. The normalized spacial score (nSPS) is 25.0. The molecule has 4 heterocycles. The molecule has 1 aromatic carbocycles. The molecule has 0 radical (unpaired) electrons. The van der Waals surface area contributed by atoms with Crippen LogP contribution >= 0.6 is 0 Å². The van der Waals surface area contributed by atoms with E-state index in [2.05, 4.69) is 32.7 Å². The lowest BCUT2D eigenvalue weighted by Gasteiger charge is -2.39. The van der Waals surface area contributed by atoms with Crippen LogP contribution in [0.25, 0.3) is 22.3 Å². The molecule has 2 N–H and O–H groups in total. The number of rotatable bonds is 5. The summed E-state index contributed by atoms with van der Waals surface area (Å²) in [6.07, 6.45) is 6.92. The minimum atomic E-state index is -0.00666. The predicted molar refractivity (Wildman–Crippen MR) is 143 cm³/mol. The van der Waals surface area contributed by atoms with E-state index in [1.54, 1.807) is 6.07 Å². The van der Waals surface area contributed by atoms with Gasteiger partial charge in [0.2, 0.25) is 5.91 Å². The highest BCUT2D eigenvalue weighted by molar-refractivity contribution is 5.88. The Morgan fingerprint density at radius 3 is 2.59 bits per heavy atom. The maximum absolute atomic E-state index is 12.3. The van der Waals surface area contributed by atoms with Crippen LogP contribution in [0.2, 0.25) is 0 Å². The number of fused-ring (bicyclic) bond motifs is 1. The number of amides is 1. The van der Waals surface area contributed by atoms with E-state index in [9.17, 15) is 9.90 Å². The second kappa shape index (κ2) is 10.3. The number of phenols is 1. The second-order valence-electron chi connectivity index (χ2n) is 10.6. The second-order valence-corrected chi connectivity index (χ2v) is 10.6. The van der Waals surface area contributed by atoms with Crippen LogP contribution in [0.1, 0.15) is 55.2 Å². The molecule has 6 rings (SSSR count). The van der Waals surface area contributed by atoms with Crippen LogP contribution in [0, 0.1) is 0 Å². The smallest absolute Gasteiger partial charge is 0.245 e. The number of aromatic nitrogens is 3. The Hall–Kier alpha value is -3.23. The van der Waals surface area contributed by atoms with Gasteiger partial charge in [-0.3, -0.25) is 9.69 Å². The summed E-state index contributed by atoms with van der Waals surface area (Å²) in [4.78, 5) is 20.4. The van der Waals surface area contributed by atoms with Crippen LogP contribution in [0.15, 0.2) is 43.0 Å². The van der Waals surface area contributed by atoms with Gasteiger partial charge in [-0.15, -0.1) is 10.2 Å². The Morgan fingerprint density at radius 1 is 1.05 bits per heavy atom. The molecule has 1 atom stereocenters. The largest absolute Gasteiger partial charge is 0.507 e. The molecule has 2 saturated heterocycles. The molecule has 194 valence electrons. The van der Waals surface area contributed by atoms with E-state index in [0.29, 0.717) is 29.8 Å². The predicted octanol–water partition coefficient (Wildman–Crippen LogP) is 4.19. The number of hydrogen-bond acceptors (Lipinski definition) is 6. The van der Waals surface area contributed by atoms with Crippen LogP contribution in [0.5, 0.6) is 5.75 Å². The number of H-pyrrole nitrogens is 1. The molecule has 1 amide bonds. The van der Waals surface area contributed by atoms with Gasteiger partial charge in [0, 0.05) is 54.8 Å². The summed E-state index contributed by atoms with van der Waals surface area (Å²) in [5, 5.41) is 20.6. The monoisotopic (exact) mass is 501 g/mol. The number of nitrogens with one attached hydrogen (secondary N) is 1. The summed E-state index contributed by atoms with van der Waals surface area (Å²) in [6.45, 7) is 8.83. The van der Waals surface area contributed by atoms with Crippen LogP contribution < -0.4 is 0 Å². The first kappa shape index (κ1) is 24.1. The van der Waals surface area contributed by atoms with Crippen LogP contribution in [-0.2, 0) is 9.53 Å². The third kappa shape index (κ3) is 4.64. The topological polar surface area (TPSA) is 94.6 Å². The van der Waals surface area contributed by atoms with Gasteiger partial charge in [-0.1, -0.05) is 18.7 Å². The number of nitrogens with zero attached hydrogens (tertiary/aromatic N) is 4. The van der Waals surface area contributed by atoms with Crippen molar-refractivity contribution in [1.82, 2.24) is 25.0 Å². The highest BCUT2D eigenvalue weighted by atomic mass is 16.5. The lowest BCUT2D eigenvalue weighted by molar-refractivity contribution is -0.125. The first-order valence-electron chi connectivity index (χ1n) is 13.5. The zero-order chi connectivity index (χ0) is 25.4. The molecular formula is C29H35N5O3. The number of carbonyl (C=O) groups excluding carboxylic acids is 1. The van der Waals surface area contributed by atoms with Gasteiger partial charge in [0.1, 0.15) is 5.75 Å². The van der Waals surface area contributed by atoms with Crippen LogP contribution in [0.4, 0.5) is 0 Å². The number of carbonyl (C=O) groups is 1. The van der Waals surface area contributed by atoms with E-state index in [0.717, 1.165) is 63.1 Å². The van der Waals surface area contributed by atoms with Crippen molar-refractivity contribution in [1.29, 1.82) is 0 Å². The molecular weight excluding hydrogens is 466 g/mol. The summed E-state index contributed by atoms with van der Waals surface area (Å²) >= 11 is 0. The maximum atomic E-state index is 12.3. The van der Waals surface area contributed by atoms with E-state index >= 15 is 0 Å². The van der Waals surface area contributed by atoms with Crippen molar-refractivity contribution in [2.24, 2.45) is 0 Å². The van der Waals surface area contributed by atoms with E-state index in [1.165, 1.54) is 30.2 Å². The van der Waals surface area contributed by atoms with Crippen molar-refractivity contribution in [3.63, 3.8) is 0 Å². The van der Waals surface area contributed by atoms with Gasteiger partial charge in [0.05, 0.1) is 18.9 Å². The SMILES string of the molecule is C=CC(=O)N1CC[C@H](c2[nH]c3nnc(-c4ccccc4O)cc3c2C2CCC(N3CCOCC3)CC2)C1. The number of phenolic OH excluding ortho intramolecular Hbond substituents is 1. The average molecular weight is 502 g/mol. The zero-order valence-electron chi connectivity index (χ0n) is 21.2. The number of hydrogen-bond donors (Lipinski definition) is 2. The van der Waals surface area contributed by atoms with Crippen molar-refractivity contribution in [2.45, 2.75) is 50.0 Å². The highest BCUT2D eigenvalue weighted by Crippen LogP contribution is 2.44. The molecule has 8 heteroatoms. The molecule has 8 nitrogen and oxygen atoms in total. The van der Waals surface area contributed by atoms with E-state index in [4.69, 9.17) is 4.74 Å². The molecule has 0 bridgehead atoms. The molecule has 3 fully saturated rings. The standard InChI is InChI=1S/C29H35N5O3/c1-2-26(36)34-12-11-20(18-34)28-27(19-7-9-21(10-8-19)33-13-15-37-16-14-33)23-17-24(31-32-29(23)30-28)22-5-3-4-6-25(22)35/h2-6,17,19-21,35H,1,7-16,18H2,(H,30,32)/t19?,20-,21?/m0/s1. The summed E-state index contributed by atoms with van der Waals surface area (Å²) in [7, 11) is 0. The lowest BCUT2D eigenvalue weighted by Crippen LogP contribution is -2.44. The van der Waals surface area contributed by atoms with Crippen molar-refractivity contribution in [3.8, 4) is 17.0 Å². The highest BCUT2D eigenvalue weighted by Gasteiger charge is 2.35. The molecule has 3 aliphatic rings. The Kier molecular flexibility index (Phi) is 6.69. The fourth-order valence-electron chi connectivity index (χ4n) is 6.61. The number of ether oxygens (including phenoxy) is 1. The number of likely N-dealkylation sites (tertiary alicyclic amines) is 1. The minimum absolute atomic E-state index is 0.00666. The van der Waals surface area contributed by atoms with Crippen molar-refractivity contribution < 1.29 is 14.6 Å². The Morgan fingerprint density at radius 2 is 1.84 bits per heavy atom. The molecule has 3 aromatic rings. The van der Waals surface area contributed by atoms with Crippen molar-refractivity contribution >= 4 is 16.9 Å². The molecule has 2 aromatic heterocycles. The summed E-state index contributed by atoms with van der Waals surface area (Å²) in [5.74, 6) is 0.854. The van der Waals surface area contributed by atoms with Gasteiger partial charge in [0.15, 0.2) is 5.65 Å². The number of aromatic amines is 1. The number of morpholine rings is 1. The van der Waals surface area contributed by atoms with Gasteiger partial charge < -0.3 is 19.7 Å². The van der Waals surface area contributed by atoms with Crippen molar-refractivity contribution in [3.05, 3.63) is 54.2 Å². The molecule has 1 aliphatic carbocycles. The number of para-hydroxylation sites is 1.